The molecule has 0 saturated carbocycles. The predicted octanol–water partition coefficient (Wildman–Crippen LogP) is 3.59. The smallest absolute Gasteiger partial charge is 0.411 e. The number of imidazole rings is 1. The number of nitrogens with one attached hydrogen (secondary N) is 1. The highest BCUT2D eigenvalue weighted by atomic mass is 19.4. The van der Waals surface area contributed by atoms with E-state index in [0.29, 0.717) is 24.0 Å². The lowest BCUT2D eigenvalue weighted by atomic mass is 9.99. The SMILES string of the molecule is O=C(c1nnc(-c2ccn(C(F)(F)F)n2)o1)N1CCc2[nH]cnc2[C@H]1c1cc2c(C(F)(F)F)cccn2n1. The molecule has 1 amide bonds. The zero-order valence-electron chi connectivity index (χ0n) is 18.7. The summed E-state index contributed by atoms with van der Waals surface area (Å²) in [6, 6.07) is 3.32. The molecule has 5 aromatic rings. The van der Waals surface area contributed by atoms with Crippen molar-refractivity contribution in [3.05, 3.63) is 71.5 Å². The molecule has 196 valence electrons. The number of hydrogen-bond donors (Lipinski definition) is 1. The third kappa shape index (κ3) is 3.86. The molecule has 0 aliphatic carbocycles. The molecule has 38 heavy (non-hydrogen) atoms. The van der Waals surface area contributed by atoms with Gasteiger partial charge < -0.3 is 14.3 Å². The van der Waals surface area contributed by atoms with Crippen molar-refractivity contribution < 1.29 is 35.6 Å². The number of carbonyl (C=O) groups is 1. The van der Waals surface area contributed by atoms with Crippen LogP contribution in [0.4, 0.5) is 26.3 Å². The first-order chi connectivity index (χ1) is 18.0. The first kappa shape index (κ1) is 23.7. The Bertz CT molecular complexity index is 1660. The van der Waals surface area contributed by atoms with Crippen LogP contribution in [0.25, 0.3) is 17.1 Å². The number of hydrogen-bond acceptors (Lipinski definition) is 7. The molecule has 0 unspecified atom stereocenters. The third-order valence-electron chi connectivity index (χ3n) is 5.97. The maximum atomic E-state index is 13.6. The number of carbonyl (C=O) groups excluding carboxylic acids is 1. The number of aromatic amines is 1. The molecule has 0 fully saturated rings. The maximum Gasteiger partial charge on any atom is 0.504 e. The van der Waals surface area contributed by atoms with E-state index in [2.05, 4.69) is 30.4 Å². The van der Waals surface area contributed by atoms with Crippen molar-refractivity contribution in [3.8, 4) is 11.6 Å². The largest absolute Gasteiger partial charge is 0.504 e. The first-order valence-electron chi connectivity index (χ1n) is 10.9. The lowest BCUT2D eigenvalue weighted by Crippen LogP contribution is -2.41. The van der Waals surface area contributed by atoms with Gasteiger partial charge in [0.1, 0.15) is 11.7 Å². The highest BCUT2D eigenvalue weighted by Gasteiger charge is 2.40. The number of fused-ring (bicyclic) bond motifs is 2. The van der Waals surface area contributed by atoms with Crippen LogP contribution in [0.5, 0.6) is 0 Å². The summed E-state index contributed by atoms with van der Waals surface area (Å²) in [7, 11) is 0. The Labute approximate surface area is 206 Å². The van der Waals surface area contributed by atoms with E-state index in [0.717, 1.165) is 16.6 Å². The van der Waals surface area contributed by atoms with Gasteiger partial charge in [0.2, 0.25) is 0 Å². The van der Waals surface area contributed by atoms with E-state index in [1.54, 1.807) is 0 Å². The maximum absolute atomic E-state index is 13.6. The quantitative estimate of drug-likeness (QED) is 0.349. The molecule has 1 atom stereocenters. The molecule has 0 radical (unpaired) electrons. The number of aromatic nitrogens is 8. The van der Waals surface area contributed by atoms with Gasteiger partial charge in [-0.2, -0.15) is 28.1 Å². The van der Waals surface area contributed by atoms with E-state index in [1.165, 1.54) is 29.6 Å². The topological polar surface area (TPSA) is 123 Å². The molecule has 1 aliphatic rings. The summed E-state index contributed by atoms with van der Waals surface area (Å²) in [5.74, 6) is -1.79. The molecule has 11 nitrogen and oxygen atoms in total. The van der Waals surface area contributed by atoms with Gasteiger partial charge in [0, 0.05) is 31.1 Å². The molecule has 1 N–H and O–H groups in total. The summed E-state index contributed by atoms with van der Waals surface area (Å²) < 4.78 is 85.4. The molecule has 0 saturated heterocycles. The fourth-order valence-electron chi connectivity index (χ4n) is 4.32. The summed E-state index contributed by atoms with van der Waals surface area (Å²) in [5, 5.41) is 14.9. The number of nitrogens with zero attached hydrogens (tertiary/aromatic N) is 8. The molecule has 6 heterocycles. The minimum atomic E-state index is -4.76. The Hall–Kier alpha value is -4.70. The van der Waals surface area contributed by atoms with Crippen LogP contribution in [0.2, 0.25) is 0 Å². The molecule has 1 aliphatic heterocycles. The van der Waals surface area contributed by atoms with Crippen LogP contribution in [0.15, 0.2) is 47.4 Å². The van der Waals surface area contributed by atoms with Crippen molar-refractivity contribution in [2.45, 2.75) is 24.9 Å². The van der Waals surface area contributed by atoms with Gasteiger partial charge in [-0.3, -0.25) is 4.79 Å². The Morgan fingerprint density at radius 3 is 2.63 bits per heavy atom. The molecular weight excluding hydrogens is 524 g/mol. The summed E-state index contributed by atoms with van der Waals surface area (Å²) >= 11 is 0. The molecule has 0 aromatic carbocycles. The molecule has 6 rings (SSSR count). The molecule has 5 aromatic heterocycles. The van der Waals surface area contributed by atoms with E-state index >= 15 is 0 Å². The summed E-state index contributed by atoms with van der Waals surface area (Å²) in [4.78, 5) is 21.9. The van der Waals surface area contributed by atoms with E-state index in [-0.39, 0.29) is 28.1 Å². The van der Waals surface area contributed by atoms with Crippen LogP contribution in [-0.2, 0) is 18.9 Å². The first-order valence-corrected chi connectivity index (χ1v) is 10.9. The van der Waals surface area contributed by atoms with Crippen molar-refractivity contribution in [2.75, 3.05) is 6.54 Å². The van der Waals surface area contributed by atoms with Gasteiger partial charge >= 0.3 is 24.3 Å². The Morgan fingerprint density at radius 2 is 1.89 bits per heavy atom. The average molecular weight is 537 g/mol. The fraction of sp³-hybridized carbons (Fsp3) is 0.238. The minimum absolute atomic E-state index is 0.0824. The lowest BCUT2D eigenvalue weighted by molar-refractivity contribution is -0.212. The normalized spacial score (nSPS) is 16.3. The summed E-state index contributed by atoms with van der Waals surface area (Å²) in [5.41, 5.74) is -0.299. The van der Waals surface area contributed by atoms with Crippen molar-refractivity contribution in [1.29, 1.82) is 0 Å². The molecule has 0 spiro atoms. The zero-order valence-corrected chi connectivity index (χ0v) is 18.7. The van der Waals surface area contributed by atoms with Gasteiger partial charge in [-0.25, -0.2) is 9.50 Å². The van der Waals surface area contributed by atoms with Gasteiger partial charge in [0.15, 0.2) is 0 Å². The van der Waals surface area contributed by atoms with Gasteiger partial charge in [-0.05, 0) is 24.3 Å². The number of alkyl halides is 6. The van der Waals surface area contributed by atoms with Gasteiger partial charge in [0.25, 0.3) is 5.89 Å². The van der Waals surface area contributed by atoms with Crippen molar-refractivity contribution in [1.82, 2.24) is 44.5 Å². The minimum Gasteiger partial charge on any atom is -0.411 e. The number of pyridine rings is 1. The van der Waals surface area contributed by atoms with Crippen LogP contribution in [0, 0.1) is 0 Å². The predicted molar refractivity (Wildman–Crippen MR) is 112 cm³/mol. The van der Waals surface area contributed by atoms with Gasteiger partial charge in [0.05, 0.1) is 28.8 Å². The van der Waals surface area contributed by atoms with Crippen LogP contribution >= 0.6 is 0 Å². The Balaban J connectivity index is 1.38. The zero-order chi connectivity index (χ0) is 26.8. The molecule has 17 heteroatoms. The standard InChI is InChI=1S/C21H13F6N9O2/c22-20(23,24)10-2-1-5-35-14(10)8-13(32-35)16-15-11(28-9-29-15)3-6-34(16)19(37)18-31-30-17(38-18)12-4-7-36(33-12)21(25,26)27/h1-2,4-5,7-9,16H,3,6H2,(H,28,29)/t16-/m1/s1. The number of halogens is 6. The summed E-state index contributed by atoms with van der Waals surface area (Å²) in [6.45, 7) is 0.0824. The lowest BCUT2D eigenvalue weighted by Gasteiger charge is -2.32. The van der Waals surface area contributed by atoms with Crippen molar-refractivity contribution in [2.24, 2.45) is 0 Å². The Morgan fingerprint density at radius 1 is 1.08 bits per heavy atom. The third-order valence-corrected chi connectivity index (χ3v) is 5.97. The number of rotatable bonds is 3. The monoisotopic (exact) mass is 537 g/mol. The number of H-pyrrole nitrogens is 1. The summed E-state index contributed by atoms with van der Waals surface area (Å²) in [6.07, 6.45) is -5.68. The van der Waals surface area contributed by atoms with Crippen LogP contribution in [0.3, 0.4) is 0 Å². The van der Waals surface area contributed by atoms with Crippen LogP contribution in [-0.4, -0.2) is 56.9 Å². The molecular formula is C21H13F6N9O2. The average Bonchev–Trinajstić information content (AvgIpc) is 3.65. The fourth-order valence-corrected chi connectivity index (χ4v) is 4.32. The van der Waals surface area contributed by atoms with E-state index in [9.17, 15) is 31.1 Å². The second kappa shape index (κ2) is 8.15. The van der Waals surface area contributed by atoms with E-state index in [4.69, 9.17) is 4.42 Å². The van der Waals surface area contributed by atoms with Crippen LogP contribution < -0.4 is 0 Å². The Kier molecular flexibility index (Phi) is 5.08. The second-order valence-electron chi connectivity index (χ2n) is 8.26. The van der Waals surface area contributed by atoms with Crippen molar-refractivity contribution in [3.63, 3.8) is 0 Å². The number of amides is 1. The van der Waals surface area contributed by atoms with Gasteiger partial charge in [-0.1, -0.05) is 0 Å². The van der Waals surface area contributed by atoms with Crippen molar-refractivity contribution >= 4 is 11.4 Å². The highest BCUT2D eigenvalue weighted by molar-refractivity contribution is 5.90. The second-order valence-corrected chi connectivity index (χ2v) is 8.26. The highest BCUT2D eigenvalue weighted by Crippen LogP contribution is 2.37. The molecule has 0 bridgehead atoms. The van der Waals surface area contributed by atoms with E-state index < -0.39 is 41.8 Å². The van der Waals surface area contributed by atoms with Gasteiger partial charge in [-0.15, -0.1) is 23.4 Å². The van der Waals surface area contributed by atoms with Crippen LogP contribution in [0.1, 0.15) is 39.4 Å². The van der Waals surface area contributed by atoms with E-state index in [1.807, 2.05) is 0 Å².